The number of piperidine rings is 1. The Kier molecular flexibility index (Phi) is 8.06. The van der Waals surface area contributed by atoms with E-state index in [4.69, 9.17) is 4.74 Å². The molecule has 13 heteroatoms. The van der Waals surface area contributed by atoms with Crippen LogP contribution in [0.3, 0.4) is 0 Å². The van der Waals surface area contributed by atoms with Crippen molar-refractivity contribution in [1.82, 2.24) is 13.6 Å². The maximum atomic E-state index is 13.2. The summed E-state index contributed by atoms with van der Waals surface area (Å²) in [6.07, 6.45) is 3.77. The molecule has 0 bridgehead atoms. The van der Waals surface area contributed by atoms with Gasteiger partial charge in [-0.3, -0.25) is 0 Å². The van der Waals surface area contributed by atoms with Crippen LogP contribution in [0.5, 0.6) is 5.19 Å². The van der Waals surface area contributed by atoms with Crippen molar-refractivity contribution >= 4 is 47.2 Å². The second-order valence-electron chi connectivity index (χ2n) is 9.36. The van der Waals surface area contributed by atoms with Gasteiger partial charge in [0.25, 0.3) is 11.1 Å². The van der Waals surface area contributed by atoms with Crippen molar-refractivity contribution in [3.05, 3.63) is 29.8 Å². The van der Waals surface area contributed by atoms with E-state index < -0.39 is 31.7 Å². The number of halogens is 2. The summed E-state index contributed by atoms with van der Waals surface area (Å²) >= 11 is 1.40. The Bertz CT molecular complexity index is 1330. The highest BCUT2D eigenvalue weighted by molar-refractivity contribution is 7.89. The number of benzene rings is 1. The van der Waals surface area contributed by atoms with E-state index in [-0.39, 0.29) is 24.9 Å². The van der Waals surface area contributed by atoms with Crippen LogP contribution in [-0.2, 0) is 20.0 Å². The van der Waals surface area contributed by atoms with Gasteiger partial charge >= 0.3 is 0 Å². The molecule has 2 aliphatic heterocycles. The van der Waals surface area contributed by atoms with E-state index >= 15 is 0 Å². The predicted octanol–water partition coefficient (Wildman–Crippen LogP) is 3.95. The number of fused-ring (bicyclic) bond motifs is 1. The van der Waals surface area contributed by atoms with Gasteiger partial charge in [-0.15, -0.1) is 0 Å². The zero-order valence-corrected chi connectivity index (χ0v) is 22.8. The van der Waals surface area contributed by atoms with E-state index in [0.29, 0.717) is 50.9 Å². The molecule has 200 valence electrons. The smallest absolute Gasteiger partial charge is 0.274 e. The highest BCUT2D eigenvalue weighted by Crippen LogP contribution is 2.34. The average molecular weight is 564 g/mol. The molecule has 36 heavy (non-hydrogen) atoms. The van der Waals surface area contributed by atoms with Crippen molar-refractivity contribution in [3.63, 3.8) is 0 Å². The number of alkyl halides is 2. The molecule has 2 aromatic rings. The van der Waals surface area contributed by atoms with Crippen LogP contribution in [0.25, 0.3) is 15.8 Å². The van der Waals surface area contributed by atoms with E-state index in [1.165, 1.54) is 15.6 Å². The van der Waals surface area contributed by atoms with Gasteiger partial charge in [0.1, 0.15) is 11.9 Å². The molecule has 0 unspecified atom stereocenters. The molecular formula is C23H31F2N3O5S3. The van der Waals surface area contributed by atoms with Crippen LogP contribution in [0.2, 0.25) is 0 Å². The van der Waals surface area contributed by atoms with Gasteiger partial charge in [0.05, 0.1) is 16.0 Å². The molecule has 3 heterocycles. The Morgan fingerprint density at radius 3 is 2.44 bits per heavy atom. The summed E-state index contributed by atoms with van der Waals surface area (Å²) in [6, 6.07) is 5.91. The number of thiazole rings is 1. The first-order chi connectivity index (χ1) is 16.9. The molecule has 0 aliphatic carbocycles. The molecule has 0 amide bonds. The molecule has 0 spiro atoms. The molecule has 0 saturated carbocycles. The van der Waals surface area contributed by atoms with Crippen molar-refractivity contribution in [2.75, 3.05) is 37.7 Å². The Balaban J connectivity index is 1.38. The van der Waals surface area contributed by atoms with Crippen molar-refractivity contribution in [2.45, 2.75) is 51.6 Å². The second kappa shape index (κ2) is 10.6. The number of hydrogen-bond acceptors (Lipinski definition) is 7. The fourth-order valence-corrected chi connectivity index (χ4v) is 8.44. The summed E-state index contributed by atoms with van der Waals surface area (Å²) < 4.78 is 85.0. The molecule has 2 aliphatic rings. The Labute approximate surface area is 215 Å². The van der Waals surface area contributed by atoms with Gasteiger partial charge in [0.15, 0.2) is 0 Å². The third-order valence-electron chi connectivity index (χ3n) is 6.26. The molecular weight excluding hydrogens is 532 g/mol. The number of sulfonamides is 2. The number of hydrogen-bond donors (Lipinski definition) is 0. The van der Waals surface area contributed by atoms with Crippen LogP contribution < -0.4 is 4.74 Å². The molecule has 0 radical (unpaired) electrons. The lowest BCUT2D eigenvalue weighted by Gasteiger charge is -2.31. The van der Waals surface area contributed by atoms with Crippen LogP contribution in [0, 0.1) is 0 Å². The van der Waals surface area contributed by atoms with Crippen molar-refractivity contribution < 1.29 is 30.4 Å². The van der Waals surface area contributed by atoms with Gasteiger partial charge in [-0.1, -0.05) is 30.4 Å². The van der Waals surface area contributed by atoms with E-state index in [0.717, 1.165) is 25.7 Å². The standard InChI is InChI=1S/C23H31F2N3O5S3/c1-3-14-35(29,30)27-10-6-17(7-11-27)18-4-5-20-21(15-18)34-22(26-20)33-19-8-12-28(13-9-19)36(31,32)16-23(2,24)25/h4-6,15,19H,3,7-14,16H2,1-2H3. The first-order valence-electron chi connectivity index (χ1n) is 12.0. The summed E-state index contributed by atoms with van der Waals surface area (Å²) in [6.45, 7) is 3.57. The number of nitrogens with zero attached hydrogens (tertiary/aromatic N) is 3. The van der Waals surface area contributed by atoms with Gasteiger partial charge in [-0.2, -0.15) is 4.31 Å². The largest absolute Gasteiger partial charge is 0.467 e. The normalized spacial score (nSPS) is 19.5. The van der Waals surface area contributed by atoms with Crippen LogP contribution >= 0.6 is 11.3 Å². The van der Waals surface area contributed by atoms with E-state index in [9.17, 15) is 25.6 Å². The minimum atomic E-state index is -4.02. The Morgan fingerprint density at radius 2 is 1.83 bits per heavy atom. The Hall–Kier alpha value is -1.67. The highest BCUT2D eigenvalue weighted by atomic mass is 32.2. The van der Waals surface area contributed by atoms with Gasteiger partial charge in [0.2, 0.25) is 20.0 Å². The highest BCUT2D eigenvalue weighted by Gasteiger charge is 2.36. The zero-order valence-electron chi connectivity index (χ0n) is 20.3. The van der Waals surface area contributed by atoms with Gasteiger partial charge in [-0.05, 0) is 49.0 Å². The van der Waals surface area contributed by atoms with Gasteiger partial charge < -0.3 is 4.74 Å². The lowest BCUT2D eigenvalue weighted by molar-refractivity contribution is 0.0454. The molecule has 1 fully saturated rings. The second-order valence-corrected chi connectivity index (χ2v) is 14.4. The third-order valence-corrected chi connectivity index (χ3v) is 11.2. The summed E-state index contributed by atoms with van der Waals surface area (Å²) in [5, 5.41) is 0.484. The summed E-state index contributed by atoms with van der Waals surface area (Å²) in [7, 11) is -7.22. The third kappa shape index (κ3) is 6.60. The summed E-state index contributed by atoms with van der Waals surface area (Å²) in [5.41, 5.74) is 2.91. The Morgan fingerprint density at radius 1 is 1.11 bits per heavy atom. The maximum absolute atomic E-state index is 13.2. The summed E-state index contributed by atoms with van der Waals surface area (Å²) in [4.78, 5) is 4.53. The molecule has 1 saturated heterocycles. The zero-order chi connectivity index (χ0) is 26.1. The number of aromatic nitrogens is 1. The number of ether oxygens (including phenoxy) is 1. The molecule has 4 rings (SSSR count). The quantitative estimate of drug-likeness (QED) is 0.458. The first kappa shape index (κ1) is 27.4. The van der Waals surface area contributed by atoms with Crippen molar-refractivity contribution in [2.24, 2.45) is 0 Å². The van der Waals surface area contributed by atoms with E-state index in [2.05, 4.69) is 4.98 Å². The fraction of sp³-hybridized carbons (Fsp3) is 0.609. The topological polar surface area (TPSA) is 96.9 Å². The molecule has 0 atom stereocenters. The maximum Gasteiger partial charge on any atom is 0.274 e. The van der Waals surface area contributed by atoms with Crippen molar-refractivity contribution in [1.29, 1.82) is 0 Å². The van der Waals surface area contributed by atoms with Gasteiger partial charge in [0, 0.05) is 33.1 Å². The van der Waals surface area contributed by atoms with Crippen LogP contribution in [0.4, 0.5) is 8.78 Å². The minimum absolute atomic E-state index is 0.136. The lowest BCUT2D eigenvalue weighted by Crippen LogP contribution is -2.45. The molecule has 0 N–H and O–H groups in total. The number of rotatable bonds is 9. The molecule has 1 aromatic heterocycles. The average Bonchev–Trinajstić information content (AvgIpc) is 3.19. The fourth-order valence-electron chi connectivity index (χ4n) is 4.49. The van der Waals surface area contributed by atoms with E-state index in [1.807, 2.05) is 31.2 Å². The lowest BCUT2D eigenvalue weighted by atomic mass is 10.0. The van der Waals surface area contributed by atoms with Crippen molar-refractivity contribution in [3.8, 4) is 5.19 Å². The molecule has 1 aromatic carbocycles. The SMILES string of the molecule is CCCS(=O)(=O)N1CC=C(c2ccc3nc(OC4CCN(S(=O)(=O)CC(C)(F)F)CC4)sc3c2)CC1. The predicted molar refractivity (Wildman–Crippen MR) is 137 cm³/mol. The minimum Gasteiger partial charge on any atom is -0.467 e. The van der Waals surface area contributed by atoms with Crippen LogP contribution in [0.15, 0.2) is 24.3 Å². The van der Waals surface area contributed by atoms with E-state index in [1.54, 1.807) is 0 Å². The van der Waals surface area contributed by atoms with Crippen LogP contribution in [0.1, 0.15) is 45.1 Å². The van der Waals surface area contributed by atoms with Crippen LogP contribution in [-0.4, -0.2) is 80.1 Å². The van der Waals surface area contributed by atoms with Gasteiger partial charge in [-0.25, -0.2) is 34.9 Å². The molecule has 8 nitrogen and oxygen atoms in total. The first-order valence-corrected chi connectivity index (χ1v) is 16.0. The monoisotopic (exact) mass is 563 g/mol. The summed E-state index contributed by atoms with van der Waals surface area (Å²) in [5.74, 6) is -4.30.